The van der Waals surface area contributed by atoms with Gasteiger partial charge in [0.1, 0.15) is 0 Å². The molecule has 0 aromatic carbocycles. The normalized spacial score (nSPS) is 13.1. The molecule has 0 spiro atoms. The summed E-state index contributed by atoms with van der Waals surface area (Å²) in [4.78, 5) is 0. The summed E-state index contributed by atoms with van der Waals surface area (Å²) in [6, 6.07) is 0. The van der Waals surface area contributed by atoms with Crippen LogP contribution < -0.4 is 0 Å². The van der Waals surface area contributed by atoms with Crippen molar-refractivity contribution in [3.05, 3.63) is 18.6 Å². The fourth-order valence-corrected chi connectivity index (χ4v) is 1.88. The topological polar surface area (TPSA) is 0 Å². The Hall–Kier alpha value is -0.260. The van der Waals surface area contributed by atoms with Gasteiger partial charge in [-0.05, 0) is 24.7 Å². The molecule has 0 aromatic heterocycles. The SMILES string of the molecule is C=C[C](CC)CC(CC)CCCCC. The zero-order valence-corrected chi connectivity index (χ0v) is 10.3. The minimum absolute atomic E-state index is 0.898. The Morgan fingerprint density at radius 2 is 1.93 bits per heavy atom. The average Bonchev–Trinajstić information content (AvgIpc) is 2.23. The molecular weight excluding hydrogens is 168 g/mol. The average molecular weight is 195 g/mol. The van der Waals surface area contributed by atoms with Crippen molar-refractivity contribution in [2.75, 3.05) is 0 Å². The lowest BCUT2D eigenvalue weighted by Crippen LogP contribution is -2.04. The summed E-state index contributed by atoms with van der Waals surface area (Å²) < 4.78 is 0. The van der Waals surface area contributed by atoms with Crippen LogP contribution in [0.1, 0.15) is 65.7 Å². The van der Waals surface area contributed by atoms with Gasteiger partial charge >= 0.3 is 0 Å². The van der Waals surface area contributed by atoms with Crippen LogP contribution in [0.25, 0.3) is 0 Å². The van der Waals surface area contributed by atoms with Crippen molar-refractivity contribution in [1.29, 1.82) is 0 Å². The number of unbranched alkanes of at least 4 members (excludes halogenated alkanes) is 2. The van der Waals surface area contributed by atoms with Crippen molar-refractivity contribution in [1.82, 2.24) is 0 Å². The van der Waals surface area contributed by atoms with E-state index in [9.17, 15) is 0 Å². The van der Waals surface area contributed by atoms with E-state index in [0.717, 1.165) is 5.92 Å². The maximum atomic E-state index is 3.88. The molecule has 0 heterocycles. The zero-order chi connectivity index (χ0) is 10.8. The molecule has 1 radical (unpaired) electrons. The molecular formula is C14H27. The Bertz CT molecular complexity index is 126. The molecule has 0 nitrogen and oxygen atoms in total. The molecule has 0 N–H and O–H groups in total. The molecule has 0 amide bonds. The third kappa shape index (κ3) is 6.23. The van der Waals surface area contributed by atoms with Gasteiger partial charge in [0.2, 0.25) is 0 Å². The summed E-state index contributed by atoms with van der Waals surface area (Å²) in [5, 5.41) is 0. The van der Waals surface area contributed by atoms with Crippen molar-refractivity contribution in [2.24, 2.45) is 5.92 Å². The molecule has 0 bridgehead atoms. The van der Waals surface area contributed by atoms with Gasteiger partial charge in [0.15, 0.2) is 0 Å². The van der Waals surface area contributed by atoms with E-state index in [4.69, 9.17) is 0 Å². The van der Waals surface area contributed by atoms with E-state index in [1.165, 1.54) is 50.9 Å². The second-order valence-electron chi connectivity index (χ2n) is 4.19. The lowest BCUT2D eigenvalue weighted by atomic mass is 9.87. The molecule has 0 aliphatic rings. The summed E-state index contributed by atoms with van der Waals surface area (Å²) in [5.41, 5.74) is 0. The van der Waals surface area contributed by atoms with Crippen molar-refractivity contribution < 1.29 is 0 Å². The summed E-state index contributed by atoms with van der Waals surface area (Å²) in [7, 11) is 0. The van der Waals surface area contributed by atoms with E-state index in [1.54, 1.807) is 0 Å². The van der Waals surface area contributed by atoms with Crippen LogP contribution in [0.5, 0.6) is 0 Å². The fourth-order valence-electron chi connectivity index (χ4n) is 1.88. The van der Waals surface area contributed by atoms with Gasteiger partial charge in [-0.1, -0.05) is 59.0 Å². The number of allylic oxidation sites excluding steroid dienone is 1. The molecule has 0 aliphatic heterocycles. The number of hydrogen-bond acceptors (Lipinski definition) is 0. The Labute approximate surface area is 90.8 Å². The molecule has 0 saturated carbocycles. The van der Waals surface area contributed by atoms with Crippen LogP contribution in [0.4, 0.5) is 0 Å². The number of rotatable bonds is 9. The van der Waals surface area contributed by atoms with Gasteiger partial charge in [0.05, 0.1) is 0 Å². The largest absolute Gasteiger partial charge is 0.102 e. The van der Waals surface area contributed by atoms with Crippen molar-refractivity contribution in [2.45, 2.75) is 65.7 Å². The predicted octanol–water partition coefficient (Wildman–Crippen LogP) is 5.15. The molecule has 83 valence electrons. The van der Waals surface area contributed by atoms with Crippen molar-refractivity contribution in [3.63, 3.8) is 0 Å². The van der Waals surface area contributed by atoms with Crippen LogP contribution in [-0.4, -0.2) is 0 Å². The zero-order valence-electron chi connectivity index (χ0n) is 10.3. The second kappa shape index (κ2) is 9.30. The highest BCUT2D eigenvalue weighted by atomic mass is 14.2. The Morgan fingerprint density at radius 1 is 1.21 bits per heavy atom. The lowest BCUT2D eigenvalue weighted by molar-refractivity contribution is 0.425. The molecule has 14 heavy (non-hydrogen) atoms. The molecule has 0 heteroatoms. The molecule has 0 aliphatic carbocycles. The third-order valence-electron chi connectivity index (χ3n) is 3.09. The van der Waals surface area contributed by atoms with E-state index >= 15 is 0 Å². The third-order valence-corrected chi connectivity index (χ3v) is 3.09. The van der Waals surface area contributed by atoms with E-state index in [1.807, 2.05) is 0 Å². The van der Waals surface area contributed by atoms with Gasteiger partial charge in [-0.2, -0.15) is 0 Å². The van der Waals surface area contributed by atoms with Crippen LogP contribution in [0.3, 0.4) is 0 Å². The van der Waals surface area contributed by atoms with Gasteiger partial charge < -0.3 is 0 Å². The summed E-state index contributed by atoms with van der Waals surface area (Å²) in [6.45, 7) is 10.7. The van der Waals surface area contributed by atoms with Crippen LogP contribution >= 0.6 is 0 Å². The van der Waals surface area contributed by atoms with Crippen LogP contribution in [0, 0.1) is 11.8 Å². The van der Waals surface area contributed by atoms with Gasteiger partial charge in [-0.3, -0.25) is 0 Å². The predicted molar refractivity (Wildman–Crippen MR) is 66.3 cm³/mol. The minimum atomic E-state index is 0.898. The second-order valence-corrected chi connectivity index (χ2v) is 4.19. The lowest BCUT2D eigenvalue weighted by Gasteiger charge is -2.18. The van der Waals surface area contributed by atoms with Crippen LogP contribution in [0.15, 0.2) is 12.7 Å². The highest BCUT2D eigenvalue weighted by Crippen LogP contribution is 2.25. The van der Waals surface area contributed by atoms with E-state index in [-0.39, 0.29) is 0 Å². The van der Waals surface area contributed by atoms with Crippen molar-refractivity contribution >= 4 is 0 Å². The smallest absolute Gasteiger partial charge is 0.00301 e. The van der Waals surface area contributed by atoms with Gasteiger partial charge in [0.25, 0.3) is 0 Å². The van der Waals surface area contributed by atoms with Crippen LogP contribution in [-0.2, 0) is 0 Å². The Morgan fingerprint density at radius 3 is 2.36 bits per heavy atom. The molecule has 1 atom stereocenters. The first kappa shape index (κ1) is 13.7. The Balaban J connectivity index is 3.70. The van der Waals surface area contributed by atoms with E-state index < -0.39 is 0 Å². The number of hydrogen-bond donors (Lipinski definition) is 0. The maximum Gasteiger partial charge on any atom is -0.00301 e. The van der Waals surface area contributed by atoms with Crippen LogP contribution in [0.2, 0.25) is 0 Å². The van der Waals surface area contributed by atoms with E-state index in [2.05, 4.69) is 33.4 Å². The summed E-state index contributed by atoms with van der Waals surface area (Å²) >= 11 is 0. The molecule has 0 fully saturated rings. The van der Waals surface area contributed by atoms with E-state index in [0.29, 0.717) is 0 Å². The minimum Gasteiger partial charge on any atom is -0.102 e. The van der Waals surface area contributed by atoms with Gasteiger partial charge in [-0.15, -0.1) is 6.58 Å². The monoisotopic (exact) mass is 195 g/mol. The first-order chi connectivity index (χ1) is 6.78. The summed E-state index contributed by atoms with van der Waals surface area (Å²) in [5.74, 6) is 2.43. The Kier molecular flexibility index (Phi) is 9.13. The highest BCUT2D eigenvalue weighted by Gasteiger charge is 2.11. The van der Waals surface area contributed by atoms with Gasteiger partial charge in [0, 0.05) is 0 Å². The first-order valence-electron chi connectivity index (χ1n) is 6.25. The maximum absolute atomic E-state index is 3.88. The highest BCUT2D eigenvalue weighted by molar-refractivity contribution is 5.05. The molecule has 0 aromatic rings. The molecule has 0 rings (SSSR count). The quantitative estimate of drug-likeness (QED) is 0.446. The molecule has 0 saturated heterocycles. The van der Waals surface area contributed by atoms with Gasteiger partial charge in [-0.25, -0.2) is 0 Å². The summed E-state index contributed by atoms with van der Waals surface area (Å²) in [6.07, 6.45) is 11.4. The van der Waals surface area contributed by atoms with Crippen molar-refractivity contribution in [3.8, 4) is 0 Å². The molecule has 1 unspecified atom stereocenters. The first-order valence-corrected chi connectivity index (χ1v) is 6.25. The standard InChI is InChI=1S/C14H27/c1-5-9-10-11-14(8-4)12-13(6-2)7-3/h6,14H,2,5,7-12H2,1,3-4H3. The fraction of sp³-hybridized carbons (Fsp3) is 0.786.